The molecular weight excluding hydrogens is 236 g/mol. The Kier molecular flexibility index (Phi) is 4.17. The fraction of sp³-hybridized carbons (Fsp3) is 0.312. The smallest absolute Gasteiger partial charge is 0.128 e. The average molecular weight is 256 g/mol. The predicted octanol–water partition coefficient (Wildman–Crippen LogP) is 3.48. The third kappa shape index (κ3) is 2.93. The quantitative estimate of drug-likeness (QED) is 0.911. The van der Waals surface area contributed by atoms with Crippen LogP contribution < -0.4 is 10.5 Å². The number of pyridine rings is 1. The maximum atomic E-state index is 5.92. The van der Waals surface area contributed by atoms with Crippen molar-refractivity contribution in [3.8, 4) is 17.0 Å². The lowest BCUT2D eigenvalue weighted by atomic mass is 10.0. The number of para-hydroxylation sites is 1. The number of rotatable bonds is 4. The van der Waals surface area contributed by atoms with Crippen LogP contribution in [0.5, 0.6) is 5.75 Å². The second-order valence-corrected chi connectivity index (χ2v) is 4.59. The first-order valence-corrected chi connectivity index (χ1v) is 6.58. The van der Waals surface area contributed by atoms with Crippen LogP contribution >= 0.6 is 0 Å². The normalized spacial score (nSPS) is 12.2. The van der Waals surface area contributed by atoms with E-state index >= 15 is 0 Å². The Balaban J connectivity index is 2.45. The van der Waals surface area contributed by atoms with Crippen LogP contribution in [0.15, 0.2) is 36.4 Å². The fourth-order valence-electron chi connectivity index (χ4n) is 2.16. The van der Waals surface area contributed by atoms with Gasteiger partial charge in [0.1, 0.15) is 5.75 Å². The molecule has 19 heavy (non-hydrogen) atoms. The molecule has 2 aromatic rings. The molecule has 0 aliphatic carbocycles. The van der Waals surface area contributed by atoms with Gasteiger partial charge in [0.05, 0.1) is 12.3 Å². The summed E-state index contributed by atoms with van der Waals surface area (Å²) in [5.41, 5.74) is 9.91. The number of nitrogens with zero attached hydrogens (tertiary/aromatic N) is 1. The SMILES string of the molecule is CCOc1ccccc1-c1ccc(C(C)N)c(C)n1. The maximum absolute atomic E-state index is 5.92. The molecule has 0 saturated heterocycles. The summed E-state index contributed by atoms with van der Waals surface area (Å²) < 4.78 is 5.64. The lowest BCUT2D eigenvalue weighted by molar-refractivity contribution is 0.341. The number of ether oxygens (including phenoxy) is 1. The Morgan fingerprint density at radius 1 is 1.21 bits per heavy atom. The number of nitrogens with two attached hydrogens (primary N) is 1. The first kappa shape index (κ1) is 13.6. The molecule has 2 rings (SSSR count). The van der Waals surface area contributed by atoms with Crippen LogP contribution in [0.2, 0.25) is 0 Å². The zero-order valence-corrected chi connectivity index (χ0v) is 11.7. The zero-order valence-electron chi connectivity index (χ0n) is 11.7. The van der Waals surface area contributed by atoms with Crippen LogP contribution in [0.3, 0.4) is 0 Å². The Morgan fingerprint density at radius 2 is 1.95 bits per heavy atom. The van der Waals surface area contributed by atoms with Gasteiger partial charge in [0.25, 0.3) is 0 Å². The molecule has 0 bridgehead atoms. The van der Waals surface area contributed by atoms with Crippen molar-refractivity contribution < 1.29 is 4.74 Å². The van der Waals surface area contributed by atoms with E-state index in [2.05, 4.69) is 4.98 Å². The molecule has 1 atom stereocenters. The Labute approximate surface area is 114 Å². The third-order valence-electron chi connectivity index (χ3n) is 3.08. The minimum absolute atomic E-state index is 0.00341. The average Bonchev–Trinajstić information content (AvgIpc) is 2.39. The summed E-state index contributed by atoms with van der Waals surface area (Å²) in [5, 5.41) is 0. The molecule has 100 valence electrons. The predicted molar refractivity (Wildman–Crippen MR) is 78.2 cm³/mol. The first-order valence-electron chi connectivity index (χ1n) is 6.58. The molecule has 0 saturated carbocycles. The molecular formula is C16H20N2O. The summed E-state index contributed by atoms with van der Waals surface area (Å²) in [5.74, 6) is 0.866. The molecule has 0 aliphatic heterocycles. The van der Waals surface area contributed by atoms with Crippen molar-refractivity contribution >= 4 is 0 Å². The number of aromatic nitrogens is 1. The molecule has 1 unspecified atom stereocenters. The molecule has 3 heteroatoms. The highest BCUT2D eigenvalue weighted by molar-refractivity contribution is 5.67. The van der Waals surface area contributed by atoms with Crippen molar-refractivity contribution in [3.63, 3.8) is 0 Å². The van der Waals surface area contributed by atoms with E-state index in [0.717, 1.165) is 28.3 Å². The fourth-order valence-corrected chi connectivity index (χ4v) is 2.16. The van der Waals surface area contributed by atoms with Gasteiger partial charge in [-0.3, -0.25) is 4.98 Å². The Bertz CT molecular complexity index is 564. The third-order valence-corrected chi connectivity index (χ3v) is 3.08. The molecule has 0 aliphatic rings. The minimum atomic E-state index is 0.00341. The van der Waals surface area contributed by atoms with Crippen molar-refractivity contribution in [1.82, 2.24) is 4.98 Å². The van der Waals surface area contributed by atoms with Gasteiger partial charge in [-0.1, -0.05) is 18.2 Å². The van der Waals surface area contributed by atoms with E-state index < -0.39 is 0 Å². The van der Waals surface area contributed by atoms with E-state index in [4.69, 9.17) is 10.5 Å². The standard InChI is InChI=1S/C16H20N2O/c1-4-19-16-8-6-5-7-14(16)15-10-9-13(11(2)17)12(3)18-15/h5-11H,4,17H2,1-3H3. The van der Waals surface area contributed by atoms with Crippen LogP contribution in [0.1, 0.15) is 31.1 Å². The molecule has 0 amide bonds. The molecule has 0 radical (unpaired) electrons. The van der Waals surface area contributed by atoms with Crippen molar-refractivity contribution in [1.29, 1.82) is 0 Å². The van der Waals surface area contributed by atoms with Crippen LogP contribution in [-0.2, 0) is 0 Å². The second kappa shape index (κ2) is 5.85. The highest BCUT2D eigenvalue weighted by Gasteiger charge is 2.10. The highest BCUT2D eigenvalue weighted by Crippen LogP contribution is 2.29. The van der Waals surface area contributed by atoms with Crippen molar-refractivity contribution in [2.75, 3.05) is 6.61 Å². The van der Waals surface area contributed by atoms with Gasteiger partial charge in [-0.25, -0.2) is 0 Å². The van der Waals surface area contributed by atoms with E-state index in [9.17, 15) is 0 Å². The molecule has 1 aromatic carbocycles. The van der Waals surface area contributed by atoms with E-state index in [1.54, 1.807) is 0 Å². The number of hydrogen-bond donors (Lipinski definition) is 1. The van der Waals surface area contributed by atoms with Gasteiger partial charge in [-0.2, -0.15) is 0 Å². The summed E-state index contributed by atoms with van der Waals surface area (Å²) in [6.45, 7) is 6.59. The van der Waals surface area contributed by atoms with Gasteiger partial charge >= 0.3 is 0 Å². The van der Waals surface area contributed by atoms with Crippen LogP contribution in [0, 0.1) is 6.92 Å². The lowest BCUT2D eigenvalue weighted by Crippen LogP contribution is -2.08. The van der Waals surface area contributed by atoms with Gasteiger partial charge in [-0.05, 0) is 44.5 Å². The monoisotopic (exact) mass is 256 g/mol. The van der Waals surface area contributed by atoms with Gasteiger partial charge in [0.2, 0.25) is 0 Å². The number of benzene rings is 1. The van der Waals surface area contributed by atoms with E-state index in [-0.39, 0.29) is 6.04 Å². The van der Waals surface area contributed by atoms with Gasteiger partial charge in [-0.15, -0.1) is 0 Å². The molecule has 1 heterocycles. The number of hydrogen-bond acceptors (Lipinski definition) is 3. The van der Waals surface area contributed by atoms with Crippen LogP contribution in [0.25, 0.3) is 11.3 Å². The zero-order chi connectivity index (χ0) is 13.8. The highest BCUT2D eigenvalue weighted by atomic mass is 16.5. The lowest BCUT2D eigenvalue weighted by Gasteiger charge is -2.13. The van der Waals surface area contributed by atoms with Crippen LogP contribution in [-0.4, -0.2) is 11.6 Å². The van der Waals surface area contributed by atoms with Crippen molar-refractivity contribution in [2.45, 2.75) is 26.8 Å². The number of aryl methyl sites for hydroxylation is 1. The summed E-state index contributed by atoms with van der Waals surface area (Å²) in [6, 6.07) is 12.0. The summed E-state index contributed by atoms with van der Waals surface area (Å²) in [4.78, 5) is 4.65. The summed E-state index contributed by atoms with van der Waals surface area (Å²) in [7, 11) is 0. The Hall–Kier alpha value is -1.87. The first-order chi connectivity index (χ1) is 9.13. The van der Waals surface area contributed by atoms with E-state index in [1.807, 2.05) is 57.2 Å². The van der Waals surface area contributed by atoms with Crippen LogP contribution in [0.4, 0.5) is 0 Å². The van der Waals surface area contributed by atoms with Gasteiger partial charge < -0.3 is 10.5 Å². The maximum Gasteiger partial charge on any atom is 0.128 e. The van der Waals surface area contributed by atoms with E-state index in [0.29, 0.717) is 6.61 Å². The summed E-state index contributed by atoms with van der Waals surface area (Å²) in [6.07, 6.45) is 0. The second-order valence-electron chi connectivity index (χ2n) is 4.59. The van der Waals surface area contributed by atoms with Gasteiger partial charge in [0, 0.05) is 17.3 Å². The van der Waals surface area contributed by atoms with E-state index in [1.165, 1.54) is 0 Å². The molecule has 3 nitrogen and oxygen atoms in total. The van der Waals surface area contributed by atoms with Crippen molar-refractivity contribution in [3.05, 3.63) is 47.7 Å². The molecule has 1 aromatic heterocycles. The van der Waals surface area contributed by atoms with Crippen molar-refractivity contribution in [2.24, 2.45) is 5.73 Å². The minimum Gasteiger partial charge on any atom is -0.493 e. The Morgan fingerprint density at radius 3 is 2.58 bits per heavy atom. The molecule has 2 N–H and O–H groups in total. The van der Waals surface area contributed by atoms with Gasteiger partial charge in [0.15, 0.2) is 0 Å². The molecule has 0 fully saturated rings. The summed E-state index contributed by atoms with van der Waals surface area (Å²) >= 11 is 0. The molecule has 0 spiro atoms. The largest absolute Gasteiger partial charge is 0.493 e. The topological polar surface area (TPSA) is 48.1 Å².